The normalized spacial score (nSPS) is 13.2. The molecule has 1 heterocycles. The van der Waals surface area contributed by atoms with Gasteiger partial charge in [-0.25, -0.2) is 4.68 Å². The van der Waals surface area contributed by atoms with Crippen LogP contribution in [0, 0.1) is 5.92 Å². The quantitative estimate of drug-likeness (QED) is 0.805. The van der Waals surface area contributed by atoms with Gasteiger partial charge in [0, 0.05) is 13.7 Å². The molecule has 1 aromatic rings. The number of rotatable bonds is 4. The standard InChI is InChI=1S/C8H14ClN3O/c1-6(5-13-2)4-12-8(10)7(9)3-11-12/h3,6H,4-5,10H2,1-2H3. The number of nitrogens with zero attached hydrogens (tertiary/aromatic N) is 2. The van der Waals surface area contributed by atoms with Gasteiger partial charge in [-0.2, -0.15) is 5.10 Å². The number of halogens is 1. The van der Waals surface area contributed by atoms with E-state index in [2.05, 4.69) is 12.0 Å². The van der Waals surface area contributed by atoms with Crippen molar-refractivity contribution in [3.05, 3.63) is 11.2 Å². The molecule has 0 aliphatic rings. The second-order valence-corrected chi connectivity index (χ2v) is 3.53. The van der Waals surface area contributed by atoms with E-state index in [1.54, 1.807) is 18.0 Å². The Morgan fingerprint density at radius 2 is 2.46 bits per heavy atom. The summed E-state index contributed by atoms with van der Waals surface area (Å²) in [7, 11) is 1.68. The summed E-state index contributed by atoms with van der Waals surface area (Å²) in [4.78, 5) is 0. The van der Waals surface area contributed by atoms with Gasteiger partial charge in [-0.3, -0.25) is 0 Å². The van der Waals surface area contributed by atoms with Gasteiger partial charge in [0.2, 0.25) is 0 Å². The minimum Gasteiger partial charge on any atom is -0.384 e. The molecular formula is C8H14ClN3O. The van der Waals surface area contributed by atoms with E-state index in [9.17, 15) is 0 Å². The van der Waals surface area contributed by atoms with E-state index in [0.29, 0.717) is 23.4 Å². The maximum Gasteiger partial charge on any atom is 0.140 e. The molecular weight excluding hydrogens is 190 g/mol. The van der Waals surface area contributed by atoms with Crippen molar-refractivity contribution in [3.8, 4) is 0 Å². The molecule has 0 amide bonds. The number of ether oxygens (including phenoxy) is 1. The molecule has 2 N–H and O–H groups in total. The number of aromatic nitrogens is 2. The van der Waals surface area contributed by atoms with E-state index in [1.807, 2.05) is 0 Å². The molecule has 0 spiro atoms. The first-order valence-corrected chi connectivity index (χ1v) is 4.48. The number of hydrogen-bond donors (Lipinski definition) is 1. The lowest BCUT2D eigenvalue weighted by molar-refractivity contribution is 0.150. The molecule has 0 saturated heterocycles. The summed E-state index contributed by atoms with van der Waals surface area (Å²) in [6.07, 6.45) is 1.55. The zero-order valence-electron chi connectivity index (χ0n) is 7.83. The molecule has 5 heteroatoms. The molecule has 0 fully saturated rings. The Bertz CT molecular complexity index is 274. The molecule has 0 bridgehead atoms. The minimum absolute atomic E-state index is 0.378. The van der Waals surface area contributed by atoms with Crippen molar-refractivity contribution in [1.82, 2.24) is 9.78 Å². The summed E-state index contributed by atoms with van der Waals surface area (Å²) < 4.78 is 6.69. The van der Waals surface area contributed by atoms with E-state index in [1.165, 1.54) is 0 Å². The summed E-state index contributed by atoms with van der Waals surface area (Å²) in [6, 6.07) is 0. The van der Waals surface area contributed by atoms with Crippen LogP contribution in [0.5, 0.6) is 0 Å². The van der Waals surface area contributed by atoms with Gasteiger partial charge in [-0.1, -0.05) is 18.5 Å². The van der Waals surface area contributed by atoms with Crippen molar-refractivity contribution in [2.75, 3.05) is 19.5 Å². The van der Waals surface area contributed by atoms with Crippen molar-refractivity contribution >= 4 is 17.4 Å². The zero-order valence-corrected chi connectivity index (χ0v) is 8.58. The largest absolute Gasteiger partial charge is 0.384 e. The SMILES string of the molecule is COCC(C)Cn1ncc(Cl)c1N. The first kappa shape index (κ1) is 10.3. The Morgan fingerprint density at radius 3 is 2.92 bits per heavy atom. The average molecular weight is 204 g/mol. The van der Waals surface area contributed by atoms with Gasteiger partial charge in [0.1, 0.15) is 10.8 Å². The number of methoxy groups -OCH3 is 1. The van der Waals surface area contributed by atoms with Crippen molar-refractivity contribution in [3.63, 3.8) is 0 Å². The van der Waals surface area contributed by atoms with E-state index in [-0.39, 0.29) is 0 Å². The third kappa shape index (κ3) is 2.60. The lowest BCUT2D eigenvalue weighted by Crippen LogP contribution is -2.15. The van der Waals surface area contributed by atoms with Gasteiger partial charge in [0.05, 0.1) is 12.8 Å². The van der Waals surface area contributed by atoms with Crippen LogP contribution in [0.25, 0.3) is 0 Å². The Labute approximate surface area is 82.6 Å². The number of nitrogens with two attached hydrogens (primary N) is 1. The van der Waals surface area contributed by atoms with Crippen LogP contribution in [0.1, 0.15) is 6.92 Å². The molecule has 1 atom stereocenters. The van der Waals surface area contributed by atoms with Crippen LogP contribution in [0.2, 0.25) is 5.02 Å². The fraction of sp³-hybridized carbons (Fsp3) is 0.625. The second kappa shape index (κ2) is 4.48. The van der Waals surface area contributed by atoms with Crippen LogP contribution in [0.15, 0.2) is 6.20 Å². The van der Waals surface area contributed by atoms with Crippen LogP contribution >= 0.6 is 11.6 Å². The molecule has 0 aliphatic heterocycles. The smallest absolute Gasteiger partial charge is 0.140 e. The van der Waals surface area contributed by atoms with Gasteiger partial charge < -0.3 is 10.5 Å². The van der Waals surface area contributed by atoms with Crippen LogP contribution < -0.4 is 5.73 Å². The van der Waals surface area contributed by atoms with Gasteiger partial charge in [0.15, 0.2) is 0 Å². The summed E-state index contributed by atoms with van der Waals surface area (Å²) in [5, 5.41) is 4.55. The van der Waals surface area contributed by atoms with E-state index in [4.69, 9.17) is 22.1 Å². The van der Waals surface area contributed by atoms with Crippen LogP contribution in [-0.4, -0.2) is 23.5 Å². The van der Waals surface area contributed by atoms with Crippen molar-refractivity contribution < 1.29 is 4.74 Å². The first-order valence-electron chi connectivity index (χ1n) is 4.11. The fourth-order valence-corrected chi connectivity index (χ4v) is 1.29. The molecule has 0 radical (unpaired) electrons. The summed E-state index contributed by atoms with van der Waals surface area (Å²) in [5.41, 5.74) is 5.67. The Hall–Kier alpha value is -0.740. The summed E-state index contributed by atoms with van der Waals surface area (Å²) in [6.45, 7) is 3.49. The van der Waals surface area contributed by atoms with E-state index < -0.39 is 0 Å². The topological polar surface area (TPSA) is 53.1 Å². The first-order chi connectivity index (χ1) is 6.15. The number of nitrogen functional groups attached to an aromatic ring is 1. The lowest BCUT2D eigenvalue weighted by atomic mass is 10.2. The number of anilines is 1. The van der Waals surface area contributed by atoms with Gasteiger partial charge >= 0.3 is 0 Å². The summed E-state index contributed by atoms with van der Waals surface area (Å²) in [5.74, 6) is 0.896. The highest BCUT2D eigenvalue weighted by atomic mass is 35.5. The highest BCUT2D eigenvalue weighted by Gasteiger charge is 2.08. The molecule has 1 rings (SSSR count). The highest BCUT2D eigenvalue weighted by molar-refractivity contribution is 6.32. The second-order valence-electron chi connectivity index (χ2n) is 3.12. The number of hydrogen-bond acceptors (Lipinski definition) is 3. The molecule has 0 aliphatic carbocycles. The molecule has 0 saturated carbocycles. The molecule has 1 aromatic heterocycles. The lowest BCUT2D eigenvalue weighted by Gasteiger charge is -2.10. The third-order valence-electron chi connectivity index (χ3n) is 1.77. The molecule has 74 valence electrons. The minimum atomic E-state index is 0.378. The van der Waals surface area contributed by atoms with Crippen molar-refractivity contribution in [2.45, 2.75) is 13.5 Å². The van der Waals surface area contributed by atoms with Crippen molar-refractivity contribution in [2.24, 2.45) is 5.92 Å². The molecule has 1 unspecified atom stereocenters. The zero-order chi connectivity index (χ0) is 9.84. The molecule has 0 aromatic carbocycles. The Morgan fingerprint density at radius 1 is 1.77 bits per heavy atom. The maximum absolute atomic E-state index is 5.75. The molecule has 13 heavy (non-hydrogen) atoms. The highest BCUT2D eigenvalue weighted by Crippen LogP contribution is 2.17. The van der Waals surface area contributed by atoms with E-state index >= 15 is 0 Å². The van der Waals surface area contributed by atoms with Gasteiger partial charge in [-0.15, -0.1) is 0 Å². The Kier molecular flexibility index (Phi) is 3.57. The Balaban J connectivity index is 2.58. The maximum atomic E-state index is 5.75. The average Bonchev–Trinajstić information content (AvgIpc) is 2.37. The van der Waals surface area contributed by atoms with E-state index in [0.717, 1.165) is 6.54 Å². The fourth-order valence-electron chi connectivity index (χ4n) is 1.15. The van der Waals surface area contributed by atoms with Crippen LogP contribution in [0.3, 0.4) is 0 Å². The van der Waals surface area contributed by atoms with Gasteiger partial charge in [-0.05, 0) is 5.92 Å². The van der Waals surface area contributed by atoms with Crippen LogP contribution in [-0.2, 0) is 11.3 Å². The predicted molar refractivity (Wildman–Crippen MR) is 52.7 cm³/mol. The van der Waals surface area contributed by atoms with Crippen molar-refractivity contribution in [1.29, 1.82) is 0 Å². The summed E-state index contributed by atoms with van der Waals surface area (Å²) >= 11 is 5.75. The molecule has 4 nitrogen and oxygen atoms in total. The monoisotopic (exact) mass is 203 g/mol. The predicted octanol–water partition coefficient (Wildman–Crippen LogP) is 1.40. The van der Waals surface area contributed by atoms with Gasteiger partial charge in [0.25, 0.3) is 0 Å². The third-order valence-corrected chi connectivity index (χ3v) is 2.06. The van der Waals surface area contributed by atoms with Crippen LogP contribution in [0.4, 0.5) is 5.82 Å².